The molecule has 0 radical (unpaired) electrons. The molecule has 180 valence electrons. The number of halogens is 3. The Morgan fingerprint density at radius 2 is 1.70 bits per heavy atom. The van der Waals surface area contributed by atoms with Crippen molar-refractivity contribution in [3.63, 3.8) is 0 Å². The molecule has 0 bridgehead atoms. The van der Waals surface area contributed by atoms with Crippen LogP contribution in [0.15, 0.2) is 36.4 Å². The fraction of sp³-hybridized carbons (Fsp3) is 0.364. The Morgan fingerprint density at radius 3 is 2.18 bits per heavy atom. The molecule has 2 rings (SSSR count). The molecule has 0 aliphatic rings. The van der Waals surface area contributed by atoms with Crippen molar-refractivity contribution in [3.8, 4) is 0 Å². The minimum absolute atomic E-state index is 0.0690. The highest BCUT2D eigenvalue weighted by Gasteiger charge is 2.32. The van der Waals surface area contributed by atoms with Gasteiger partial charge in [-0.25, -0.2) is 8.42 Å². The number of benzene rings is 2. The lowest BCUT2D eigenvalue weighted by Crippen LogP contribution is -2.51. The topological polar surface area (TPSA) is 86.8 Å². The van der Waals surface area contributed by atoms with E-state index in [4.69, 9.17) is 34.8 Å². The lowest BCUT2D eigenvalue weighted by Gasteiger charge is -2.33. The maximum Gasteiger partial charge on any atom is 0.244 e. The van der Waals surface area contributed by atoms with Crippen molar-refractivity contribution in [3.05, 3.63) is 62.6 Å². The zero-order valence-electron chi connectivity index (χ0n) is 18.7. The van der Waals surface area contributed by atoms with Crippen LogP contribution in [-0.2, 0) is 26.2 Å². The maximum atomic E-state index is 13.5. The number of carbonyl (C=O) groups excluding carboxylic acids is 2. The highest BCUT2D eigenvalue weighted by atomic mass is 35.5. The van der Waals surface area contributed by atoms with Crippen LogP contribution in [0.3, 0.4) is 0 Å². The van der Waals surface area contributed by atoms with Gasteiger partial charge < -0.3 is 10.2 Å². The second-order valence-electron chi connectivity index (χ2n) is 7.46. The summed E-state index contributed by atoms with van der Waals surface area (Å²) in [6, 6.07) is 8.77. The smallest absolute Gasteiger partial charge is 0.244 e. The Labute approximate surface area is 209 Å². The average Bonchev–Trinajstić information content (AvgIpc) is 2.73. The zero-order chi connectivity index (χ0) is 24.9. The number of anilines is 1. The van der Waals surface area contributed by atoms with Gasteiger partial charge in [-0.3, -0.25) is 13.9 Å². The van der Waals surface area contributed by atoms with E-state index < -0.39 is 28.5 Å². The lowest BCUT2D eigenvalue weighted by molar-refractivity contribution is -0.140. The van der Waals surface area contributed by atoms with E-state index in [1.165, 1.54) is 18.0 Å². The van der Waals surface area contributed by atoms with Gasteiger partial charge in [-0.05, 0) is 49.2 Å². The largest absolute Gasteiger partial charge is 0.357 e. The molecule has 0 saturated heterocycles. The highest BCUT2D eigenvalue weighted by Crippen LogP contribution is 2.29. The fourth-order valence-corrected chi connectivity index (χ4v) is 5.08. The van der Waals surface area contributed by atoms with Crippen LogP contribution in [0.25, 0.3) is 0 Å². The van der Waals surface area contributed by atoms with Crippen LogP contribution in [0.4, 0.5) is 5.69 Å². The number of likely N-dealkylation sites (N-methyl/N-ethyl adjacent to an activating group) is 1. The summed E-state index contributed by atoms with van der Waals surface area (Å²) in [5, 5.41) is 3.66. The normalized spacial score (nSPS) is 12.2. The predicted octanol–water partition coefficient (Wildman–Crippen LogP) is 4.27. The van der Waals surface area contributed by atoms with E-state index in [-0.39, 0.29) is 12.5 Å². The number of hydrogen-bond donors (Lipinski definition) is 1. The monoisotopic (exact) mass is 533 g/mol. The van der Waals surface area contributed by atoms with Crippen LogP contribution >= 0.6 is 34.8 Å². The van der Waals surface area contributed by atoms with E-state index in [0.29, 0.717) is 38.3 Å². The summed E-state index contributed by atoms with van der Waals surface area (Å²) >= 11 is 18.6. The van der Waals surface area contributed by atoms with Gasteiger partial charge in [-0.1, -0.05) is 47.8 Å². The summed E-state index contributed by atoms with van der Waals surface area (Å²) in [7, 11) is -2.37. The molecule has 0 fully saturated rings. The minimum atomic E-state index is -3.84. The number of amides is 2. The summed E-state index contributed by atoms with van der Waals surface area (Å²) < 4.78 is 26.2. The van der Waals surface area contributed by atoms with E-state index in [1.54, 1.807) is 44.2 Å². The van der Waals surface area contributed by atoms with Crippen molar-refractivity contribution in [2.24, 2.45) is 0 Å². The van der Waals surface area contributed by atoms with Gasteiger partial charge in [0.2, 0.25) is 21.8 Å². The molecule has 0 spiro atoms. The van der Waals surface area contributed by atoms with Crippen molar-refractivity contribution >= 4 is 62.3 Å². The van der Waals surface area contributed by atoms with E-state index in [9.17, 15) is 18.0 Å². The van der Waals surface area contributed by atoms with Gasteiger partial charge in [0.25, 0.3) is 0 Å². The minimum Gasteiger partial charge on any atom is -0.357 e. The predicted molar refractivity (Wildman–Crippen MR) is 134 cm³/mol. The number of carbonyl (C=O) groups is 2. The van der Waals surface area contributed by atoms with Crippen LogP contribution in [0.2, 0.25) is 15.1 Å². The third-order valence-corrected chi connectivity index (χ3v) is 7.20. The van der Waals surface area contributed by atoms with Crippen molar-refractivity contribution < 1.29 is 18.0 Å². The SMILES string of the molecule is CC[C@H](C(=O)NC)N(Cc1c(Cl)cccc1Cl)C(=O)CN(c1ccc(Cl)cc1C)S(C)(=O)=O. The number of nitrogens with one attached hydrogen (secondary N) is 1. The van der Waals surface area contributed by atoms with Gasteiger partial charge in [0.1, 0.15) is 12.6 Å². The second-order valence-corrected chi connectivity index (χ2v) is 10.6. The molecule has 0 unspecified atom stereocenters. The van der Waals surface area contributed by atoms with Gasteiger partial charge in [0.05, 0.1) is 11.9 Å². The van der Waals surface area contributed by atoms with E-state index in [2.05, 4.69) is 5.32 Å². The third kappa shape index (κ3) is 6.76. The van der Waals surface area contributed by atoms with Gasteiger partial charge in [-0.2, -0.15) is 0 Å². The van der Waals surface area contributed by atoms with Crippen LogP contribution in [0.5, 0.6) is 0 Å². The van der Waals surface area contributed by atoms with Crippen LogP contribution in [0, 0.1) is 6.92 Å². The standard InChI is InChI=1S/C22H26Cl3N3O4S/c1-5-19(22(30)26-3)27(12-16-17(24)7-6-8-18(16)25)21(29)13-28(33(4,31)32)20-10-9-15(23)11-14(20)2/h6-11,19H,5,12-13H2,1-4H3,(H,26,30)/t19-/m1/s1. The van der Waals surface area contributed by atoms with E-state index in [0.717, 1.165) is 10.6 Å². The quantitative estimate of drug-likeness (QED) is 0.520. The molecule has 0 heterocycles. The van der Waals surface area contributed by atoms with E-state index >= 15 is 0 Å². The lowest BCUT2D eigenvalue weighted by atomic mass is 10.1. The Morgan fingerprint density at radius 1 is 1.09 bits per heavy atom. The Hall–Kier alpha value is -2.00. The molecule has 2 amide bonds. The summed E-state index contributed by atoms with van der Waals surface area (Å²) in [5.74, 6) is -0.969. The van der Waals surface area contributed by atoms with Crippen molar-refractivity contribution in [2.75, 3.05) is 24.2 Å². The van der Waals surface area contributed by atoms with Gasteiger partial charge in [-0.15, -0.1) is 0 Å². The number of hydrogen-bond acceptors (Lipinski definition) is 4. The molecule has 1 N–H and O–H groups in total. The van der Waals surface area contributed by atoms with E-state index in [1.807, 2.05) is 0 Å². The maximum absolute atomic E-state index is 13.5. The summed E-state index contributed by atoms with van der Waals surface area (Å²) in [4.78, 5) is 27.4. The zero-order valence-corrected chi connectivity index (χ0v) is 21.8. The Bertz CT molecular complexity index is 1120. The first-order chi connectivity index (χ1) is 15.4. The fourth-order valence-electron chi connectivity index (χ4n) is 3.43. The molecule has 1 atom stereocenters. The first-order valence-electron chi connectivity index (χ1n) is 10.1. The van der Waals surface area contributed by atoms with Gasteiger partial charge in [0.15, 0.2) is 0 Å². The number of sulfonamides is 1. The number of aryl methyl sites for hydroxylation is 1. The van der Waals surface area contributed by atoms with Crippen LogP contribution < -0.4 is 9.62 Å². The van der Waals surface area contributed by atoms with Crippen molar-refractivity contribution in [1.29, 1.82) is 0 Å². The summed E-state index contributed by atoms with van der Waals surface area (Å²) in [5.41, 5.74) is 1.36. The highest BCUT2D eigenvalue weighted by molar-refractivity contribution is 7.92. The molecule has 7 nitrogen and oxygen atoms in total. The molecular formula is C22H26Cl3N3O4S. The molecule has 0 aliphatic heterocycles. The molecule has 0 aliphatic carbocycles. The average molecular weight is 535 g/mol. The molecule has 11 heteroatoms. The molecule has 2 aromatic carbocycles. The number of rotatable bonds is 9. The first kappa shape index (κ1) is 27.2. The Balaban J connectivity index is 2.52. The number of nitrogens with zero attached hydrogens (tertiary/aromatic N) is 2. The third-order valence-electron chi connectivity index (χ3n) is 5.13. The van der Waals surface area contributed by atoms with Crippen molar-refractivity contribution in [2.45, 2.75) is 32.9 Å². The Kier molecular flexibility index (Phi) is 9.43. The van der Waals surface area contributed by atoms with Crippen LogP contribution in [0.1, 0.15) is 24.5 Å². The summed E-state index contributed by atoms with van der Waals surface area (Å²) in [6.45, 7) is 2.87. The first-order valence-corrected chi connectivity index (χ1v) is 13.1. The van der Waals surface area contributed by atoms with Gasteiger partial charge in [0, 0.05) is 34.2 Å². The van der Waals surface area contributed by atoms with Crippen LogP contribution in [-0.4, -0.2) is 51.0 Å². The molecule has 2 aromatic rings. The van der Waals surface area contributed by atoms with Gasteiger partial charge >= 0.3 is 0 Å². The molecule has 0 aromatic heterocycles. The second kappa shape index (κ2) is 11.4. The molecule has 0 saturated carbocycles. The summed E-state index contributed by atoms with van der Waals surface area (Å²) in [6.07, 6.45) is 1.31. The molecular weight excluding hydrogens is 509 g/mol. The van der Waals surface area contributed by atoms with Crippen molar-refractivity contribution in [1.82, 2.24) is 10.2 Å². The molecule has 33 heavy (non-hydrogen) atoms.